The van der Waals surface area contributed by atoms with Gasteiger partial charge in [0.05, 0.1) is 5.41 Å². The number of pyridine rings is 1. The standard InChI is InChI=1S/C11H13N3O2/c1-11(2,10(15)16)7-13-9-5-3-4-8(6-12)14-9/h3-5H,7H2,1-2H3,(H,13,14)(H,15,16). The molecule has 0 radical (unpaired) electrons. The zero-order valence-corrected chi connectivity index (χ0v) is 9.19. The van der Waals surface area contributed by atoms with Gasteiger partial charge in [-0.3, -0.25) is 4.79 Å². The number of hydrogen-bond donors (Lipinski definition) is 2. The number of nitrogens with zero attached hydrogens (tertiary/aromatic N) is 2. The number of aromatic nitrogens is 1. The van der Waals surface area contributed by atoms with Crippen LogP contribution in [0.25, 0.3) is 0 Å². The minimum absolute atomic E-state index is 0.254. The molecule has 0 aliphatic rings. The summed E-state index contributed by atoms with van der Waals surface area (Å²) in [5, 5.41) is 20.4. The van der Waals surface area contributed by atoms with Gasteiger partial charge in [0, 0.05) is 6.54 Å². The van der Waals surface area contributed by atoms with E-state index in [-0.39, 0.29) is 6.54 Å². The van der Waals surface area contributed by atoms with Crippen molar-refractivity contribution in [3.05, 3.63) is 23.9 Å². The van der Waals surface area contributed by atoms with Gasteiger partial charge in [-0.05, 0) is 26.0 Å². The van der Waals surface area contributed by atoms with Gasteiger partial charge in [-0.2, -0.15) is 5.26 Å². The molecule has 0 aliphatic carbocycles. The highest BCUT2D eigenvalue weighted by molar-refractivity contribution is 5.74. The molecule has 0 spiro atoms. The number of rotatable bonds is 4. The number of carbonyl (C=O) groups is 1. The van der Waals surface area contributed by atoms with Crippen LogP contribution in [-0.2, 0) is 4.79 Å². The second-order valence-electron chi connectivity index (χ2n) is 4.06. The average molecular weight is 219 g/mol. The van der Waals surface area contributed by atoms with Crippen molar-refractivity contribution in [2.45, 2.75) is 13.8 Å². The Kier molecular flexibility index (Phi) is 3.46. The van der Waals surface area contributed by atoms with Crippen molar-refractivity contribution >= 4 is 11.8 Å². The van der Waals surface area contributed by atoms with Crippen LogP contribution in [0.3, 0.4) is 0 Å². The topological polar surface area (TPSA) is 86.0 Å². The number of carboxylic acids is 1. The highest BCUT2D eigenvalue weighted by Crippen LogP contribution is 2.16. The molecule has 2 N–H and O–H groups in total. The Morgan fingerprint density at radius 2 is 2.31 bits per heavy atom. The summed E-state index contributed by atoms with van der Waals surface area (Å²) in [4.78, 5) is 14.8. The lowest BCUT2D eigenvalue weighted by Crippen LogP contribution is -2.32. The van der Waals surface area contributed by atoms with Gasteiger partial charge < -0.3 is 10.4 Å². The van der Waals surface area contributed by atoms with Gasteiger partial charge in [-0.25, -0.2) is 4.98 Å². The Bertz CT molecular complexity index is 435. The fourth-order valence-corrected chi connectivity index (χ4v) is 0.983. The monoisotopic (exact) mass is 219 g/mol. The molecule has 0 atom stereocenters. The highest BCUT2D eigenvalue weighted by Gasteiger charge is 2.26. The fraction of sp³-hybridized carbons (Fsp3) is 0.364. The van der Waals surface area contributed by atoms with Crippen LogP contribution in [-0.4, -0.2) is 22.6 Å². The molecule has 0 unspecified atom stereocenters. The third-order valence-electron chi connectivity index (χ3n) is 2.15. The largest absolute Gasteiger partial charge is 0.481 e. The Hall–Kier alpha value is -2.09. The number of nitriles is 1. The summed E-state index contributed by atoms with van der Waals surface area (Å²) in [6.45, 7) is 3.50. The van der Waals surface area contributed by atoms with E-state index in [1.165, 1.54) is 0 Å². The summed E-state index contributed by atoms with van der Waals surface area (Å²) >= 11 is 0. The van der Waals surface area contributed by atoms with Crippen LogP contribution in [0.15, 0.2) is 18.2 Å². The minimum Gasteiger partial charge on any atom is -0.481 e. The molecule has 1 heterocycles. The van der Waals surface area contributed by atoms with Crippen LogP contribution in [0.2, 0.25) is 0 Å². The lowest BCUT2D eigenvalue weighted by molar-refractivity contribution is -0.146. The van der Waals surface area contributed by atoms with Gasteiger partial charge in [-0.1, -0.05) is 6.07 Å². The van der Waals surface area contributed by atoms with E-state index in [2.05, 4.69) is 10.3 Å². The van der Waals surface area contributed by atoms with E-state index in [0.717, 1.165) is 0 Å². The smallest absolute Gasteiger partial charge is 0.310 e. The molecule has 5 nitrogen and oxygen atoms in total. The van der Waals surface area contributed by atoms with Gasteiger partial charge in [0.25, 0.3) is 0 Å². The van der Waals surface area contributed by atoms with Crippen molar-refractivity contribution in [3.8, 4) is 6.07 Å². The van der Waals surface area contributed by atoms with Crippen LogP contribution in [0.4, 0.5) is 5.82 Å². The third-order valence-corrected chi connectivity index (χ3v) is 2.15. The summed E-state index contributed by atoms with van der Waals surface area (Å²) in [5.41, 5.74) is -0.567. The Balaban J connectivity index is 2.69. The predicted molar refractivity (Wildman–Crippen MR) is 58.9 cm³/mol. The lowest BCUT2D eigenvalue weighted by Gasteiger charge is -2.19. The van der Waals surface area contributed by atoms with E-state index in [9.17, 15) is 4.79 Å². The van der Waals surface area contributed by atoms with Crippen molar-refractivity contribution in [1.29, 1.82) is 5.26 Å². The molecule has 0 amide bonds. The minimum atomic E-state index is -0.878. The maximum absolute atomic E-state index is 10.9. The lowest BCUT2D eigenvalue weighted by atomic mass is 9.94. The normalized spacial score (nSPS) is 10.6. The highest BCUT2D eigenvalue weighted by atomic mass is 16.4. The molecule has 0 aromatic carbocycles. The molecule has 1 rings (SSSR count). The van der Waals surface area contributed by atoms with E-state index in [1.807, 2.05) is 6.07 Å². The first kappa shape index (κ1) is 12.0. The molecule has 0 fully saturated rings. The molecule has 5 heteroatoms. The summed E-state index contributed by atoms with van der Waals surface area (Å²) in [6.07, 6.45) is 0. The van der Waals surface area contributed by atoms with E-state index < -0.39 is 11.4 Å². The number of carboxylic acid groups (broad SMARTS) is 1. The first-order valence-corrected chi connectivity index (χ1v) is 4.80. The summed E-state index contributed by atoms with van der Waals surface area (Å²) < 4.78 is 0. The van der Waals surface area contributed by atoms with Crippen molar-refractivity contribution in [1.82, 2.24) is 4.98 Å². The molecular formula is C11H13N3O2. The Morgan fingerprint density at radius 3 is 2.88 bits per heavy atom. The van der Waals surface area contributed by atoms with E-state index >= 15 is 0 Å². The van der Waals surface area contributed by atoms with Gasteiger partial charge >= 0.3 is 5.97 Å². The predicted octanol–water partition coefficient (Wildman–Crippen LogP) is 1.48. The molecule has 0 saturated heterocycles. The van der Waals surface area contributed by atoms with Crippen LogP contribution in [0.1, 0.15) is 19.5 Å². The number of nitrogens with one attached hydrogen (secondary N) is 1. The van der Waals surface area contributed by atoms with Gasteiger partial charge in [0.15, 0.2) is 0 Å². The summed E-state index contributed by atoms with van der Waals surface area (Å²) in [6, 6.07) is 6.90. The van der Waals surface area contributed by atoms with Crippen molar-refractivity contribution in [3.63, 3.8) is 0 Å². The maximum atomic E-state index is 10.9. The molecule has 1 aromatic rings. The van der Waals surface area contributed by atoms with Gasteiger partial charge in [-0.15, -0.1) is 0 Å². The molecule has 84 valence electrons. The van der Waals surface area contributed by atoms with E-state index in [4.69, 9.17) is 10.4 Å². The van der Waals surface area contributed by atoms with Crippen LogP contribution in [0, 0.1) is 16.7 Å². The summed E-state index contributed by atoms with van der Waals surface area (Å²) in [7, 11) is 0. The van der Waals surface area contributed by atoms with Crippen molar-refractivity contribution in [2.24, 2.45) is 5.41 Å². The van der Waals surface area contributed by atoms with Crippen molar-refractivity contribution in [2.75, 3.05) is 11.9 Å². The quantitative estimate of drug-likeness (QED) is 0.800. The number of aliphatic carboxylic acids is 1. The van der Waals surface area contributed by atoms with Gasteiger partial charge in [0.2, 0.25) is 0 Å². The number of hydrogen-bond acceptors (Lipinski definition) is 4. The van der Waals surface area contributed by atoms with E-state index in [0.29, 0.717) is 11.5 Å². The van der Waals surface area contributed by atoms with Crippen molar-refractivity contribution < 1.29 is 9.90 Å². The van der Waals surface area contributed by atoms with Crippen LogP contribution >= 0.6 is 0 Å². The Labute approximate surface area is 93.7 Å². The molecule has 0 saturated carbocycles. The van der Waals surface area contributed by atoms with Crippen LogP contribution in [0.5, 0.6) is 0 Å². The van der Waals surface area contributed by atoms with Crippen LogP contribution < -0.4 is 5.32 Å². The van der Waals surface area contributed by atoms with Gasteiger partial charge in [0.1, 0.15) is 17.6 Å². The zero-order valence-electron chi connectivity index (χ0n) is 9.19. The molecule has 16 heavy (non-hydrogen) atoms. The zero-order chi connectivity index (χ0) is 12.2. The second-order valence-corrected chi connectivity index (χ2v) is 4.06. The molecule has 0 bridgehead atoms. The fourth-order valence-electron chi connectivity index (χ4n) is 0.983. The molecular weight excluding hydrogens is 206 g/mol. The summed E-state index contributed by atoms with van der Waals surface area (Å²) in [5.74, 6) is -0.371. The number of anilines is 1. The first-order chi connectivity index (χ1) is 7.45. The second kappa shape index (κ2) is 4.62. The van der Waals surface area contributed by atoms with E-state index in [1.54, 1.807) is 32.0 Å². The average Bonchev–Trinajstić information content (AvgIpc) is 2.26. The molecule has 0 aliphatic heterocycles. The SMILES string of the molecule is CC(C)(CNc1cccc(C#N)n1)C(=O)O. The first-order valence-electron chi connectivity index (χ1n) is 4.80. The molecule has 1 aromatic heterocycles. The maximum Gasteiger partial charge on any atom is 0.310 e. The third kappa shape index (κ3) is 2.95. The Morgan fingerprint density at radius 1 is 1.62 bits per heavy atom.